The van der Waals surface area contributed by atoms with Gasteiger partial charge >= 0.3 is 12.5 Å². The molecule has 144 valence electrons. The summed E-state index contributed by atoms with van der Waals surface area (Å²) in [5, 5.41) is 13.1. The maximum absolute atomic E-state index is 12.3. The van der Waals surface area contributed by atoms with Crippen LogP contribution in [0.15, 0.2) is 40.8 Å². The van der Waals surface area contributed by atoms with Crippen molar-refractivity contribution in [3.8, 4) is 11.5 Å². The molecule has 0 unspecified atom stereocenters. The van der Waals surface area contributed by atoms with Crippen LogP contribution in [0, 0.1) is 10.1 Å². The summed E-state index contributed by atoms with van der Waals surface area (Å²) in [5.41, 5.74) is 0.749. The average molecular weight is 382 g/mol. The predicted octanol–water partition coefficient (Wildman–Crippen LogP) is 3.17. The van der Waals surface area contributed by atoms with Crippen molar-refractivity contribution in [2.45, 2.75) is 13.0 Å². The highest BCUT2D eigenvalue weighted by Gasteiger charge is 2.12. The Hall–Kier alpha value is -3.43. The number of alkyl halides is 2. The Labute approximate surface area is 152 Å². The summed E-state index contributed by atoms with van der Waals surface area (Å²) in [4.78, 5) is 21.6. The minimum Gasteiger partial charge on any atom is -0.493 e. The van der Waals surface area contributed by atoms with Gasteiger partial charge in [-0.2, -0.15) is 8.78 Å². The Morgan fingerprint density at radius 3 is 2.74 bits per heavy atom. The van der Waals surface area contributed by atoms with Crippen LogP contribution < -0.4 is 14.8 Å². The summed E-state index contributed by atoms with van der Waals surface area (Å²) in [7, 11) is 1.34. The van der Waals surface area contributed by atoms with Crippen LogP contribution in [0.25, 0.3) is 6.08 Å². The molecule has 1 heterocycles. The van der Waals surface area contributed by atoms with Crippen molar-refractivity contribution in [3.63, 3.8) is 0 Å². The van der Waals surface area contributed by atoms with Crippen molar-refractivity contribution in [2.75, 3.05) is 13.7 Å². The van der Waals surface area contributed by atoms with Crippen molar-refractivity contribution < 1.29 is 32.4 Å². The lowest BCUT2D eigenvalue weighted by Crippen LogP contribution is -2.23. The van der Waals surface area contributed by atoms with E-state index in [4.69, 9.17) is 9.15 Å². The van der Waals surface area contributed by atoms with Gasteiger partial charge in [0.15, 0.2) is 11.5 Å². The summed E-state index contributed by atoms with van der Waals surface area (Å²) in [6, 6.07) is 7.06. The molecule has 27 heavy (non-hydrogen) atoms. The van der Waals surface area contributed by atoms with Crippen molar-refractivity contribution in [2.24, 2.45) is 0 Å². The molecule has 0 aliphatic heterocycles. The molecule has 1 aromatic heterocycles. The zero-order valence-electron chi connectivity index (χ0n) is 14.2. The van der Waals surface area contributed by atoms with Gasteiger partial charge in [0.25, 0.3) is 0 Å². The second-order valence-electron chi connectivity index (χ2n) is 5.17. The van der Waals surface area contributed by atoms with Crippen LogP contribution in [-0.2, 0) is 11.2 Å². The van der Waals surface area contributed by atoms with E-state index < -0.39 is 23.3 Å². The normalized spacial score (nSPS) is 11.0. The summed E-state index contributed by atoms with van der Waals surface area (Å²) in [6.45, 7) is -2.67. The van der Waals surface area contributed by atoms with E-state index in [2.05, 4.69) is 10.1 Å². The predicted molar refractivity (Wildman–Crippen MR) is 90.7 cm³/mol. The molecule has 8 nitrogen and oxygen atoms in total. The highest BCUT2D eigenvalue weighted by molar-refractivity contribution is 5.91. The van der Waals surface area contributed by atoms with Gasteiger partial charge in [-0.1, -0.05) is 6.07 Å². The molecule has 0 aliphatic rings. The fourth-order valence-corrected chi connectivity index (χ4v) is 2.14. The van der Waals surface area contributed by atoms with Crippen LogP contribution in [0.2, 0.25) is 0 Å². The molecule has 0 spiro atoms. The standard InChI is InChI=1S/C17H16F2N2O6/c1-25-14-10-11(2-5-13(14)27-17(18)19)8-9-20-15(22)6-3-12-4-7-16(26-12)21(23)24/h2-7,10,17H,8-9H2,1H3,(H,20,22)/b6-3+. The number of hydrogen-bond acceptors (Lipinski definition) is 6. The Morgan fingerprint density at radius 2 is 2.11 bits per heavy atom. The van der Waals surface area contributed by atoms with Gasteiger partial charge in [-0.25, -0.2) is 0 Å². The molecule has 1 N–H and O–H groups in total. The van der Waals surface area contributed by atoms with E-state index in [1.807, 2.05) is 0 Å². The van der Waals surface area contributed by atoms with Crippen molar-refractivity contribution >= 4 is 17.9 Å². The molecule has 0 aliphatic carbocycles. The number of halogens is 2. The Kier molecular flexibility index (Phi) is 6.86. The number of nitrogens with zero attached hydrogens (tertiary/aromatic N) is 1. The van der Waals surface area contributed by atoms with E-state index in [0.717, 1.165) is 5.56 Å². The Bertz CT molecular complexity index is 835. The third-order valence-corrected chi connectivity index (χ3v) is 3.35. The molecular weight excluding hydrogens is 366 g/mol. The molecule has 1 amide bonds. The lowest BCUT2D eigenvalue weighted by atomic mass is 10.1. The fourth-order valence-electron chi connectivity index (χ4n) is 2.14. The highest BCUT2D eigenvalue weighted by atomic mass is 19.3. The third kappa shape index (κ3) is 6.10. The second kappa shape index (κ2) is 9.32. The van der Waals surface area contributed by atoms with Crippen LogP contribution in [-0.4, -0.2) is 31.1 Å². The first-order chi connectivity index (χ1) is 12.9. The summed E-state index contributed by atoms with van der Waals surface area (Å²) >= 11 is 0. The van der Waals surface area contributed by atoms with Gasteiger partial charge in [0.1, 0.15) is 10.7 Å². The van der Waals surface area contributed by atoms with Crippen LogP contribution in [0.3, 0.4) is 0 Å². The molecular formula is C17H16F2N2O6. The number of hydrogen-bond donors (Lipinski definition) is 1. The van der Waals surface area contributed by atoms with Gasteiger partial charge < -0.3 is 19.2 Å². The number of benzene rings is 1. The van der Waals surface area contributed by atoms with Crippen molar-refractivity contribution in [1.82, 2.24) is 5.32 Å². The molecule has 0 saturated heterocycles. The topological polar surface area (TPSA) is 104 Å². The number of carbonyl (C=O) groups is 1. The zero-order valence-corrected chi connectivity index (χ0v) is 14.2. The number of methoxy groups -OCH3 is 1. The molecule has 10 heteroatoms. The molecule has 0 bridgehead atoms. The maximum atomic E-state index is 12.3. The minimum absolute atomic E-state index is 0.0734. The van der Waals surface area contributed by atoms with E-state index in [-0.39, 0.29) is 23.8 Å². The lowest BCUT2D eigenvalue weighted by molar-refractivity contribution is -0.402. The number of ether oxygens (including phenoxy) is 2. The average Bonchev–Trinajstić information content (AvgIpc) is 3.10. The zero-order chi connectivity index (χ0) is 19.8. The number of amides is 1. The monoisotopic (exact) mass is 382 g/mol. The van der Waals surface area contributed by atoms with Gasteiger partial charge in [0.05, 0.1) is 13.2 Å². The van der Waals surface area contributed by atoms with Crippen molar-refractivity contribution in [3.05, 3.63) is 57.8 Å². The maximum Gasteiger partial charge on any atom is 0.433 e. The third-order valence-electron chi connectivity index (χ3n) is 3.35. The van der Waals surface area contributed by atoms with Gasteiger partial charge in [0.2, 0.25) is 5.91 Å². The largest absolute Gasteiger partial charge is 0.493 e. The number of nitrogens with one attached hydrogen (secondary N) is 1. The molecule has 0 radical (unpaired) electrons. The highest BCUT2D eigenvalue weighted by Crippen LogP contribution is 2.29. The molecule has 0 atom stereocenters. The number of carbonyl (C=O) groups excluding carboxylic acids is 1. The summed E-state index contributed by atoms with van der Waals surface area (Å²) in [6.07, 6.45) is 2.92. The van der Waals surface area contributed by atoms with E-state index in [1.165, 1.54) is 37.5 Å². The first-order valence-corrected chi connectivity index (χ1v) is 7.71. The van der Waals surface area contributed by atoms with Crippen LogP contribution in [0.5, 0.6) is 11.5 Å². The van der Waals surface area contributed by atoms with E-state index >= 15 is 0 Å². The molecule has 2 rings (SSSR count). The van der Waals surface area contributed by atoms with Crippen molar-refractivity contribution in [1.29, 1.82) is 0 Å². The Morgan fingerprint density at radius 1 is 1.33 bits per heavy atom. The molecule has 0 saturated carbocycles. The quantitative estimate of drug-likeness (QED) is 0.406. The fraction of sp³-hybridized carbons (Fsp3) is 0.235. The lowest BCUT2D eigenvalue weighted by Gasteiger charge is -2.11. The van der Waals surface area contributed by atoms with Gasteiger partial charge in [-0.05, 0) is 36.3 Å². The van der Waals surface area contributed by atoms with Crippen LogP contribution >= 0.6 is 0 Å². The van der Waals surface area contributed by atoms with Gasteiger partial charge in [-0.3, -0.25) is 14.9 Å². The number of furan rings is 1. The number of rotatable bonds is 9. The molecule has 0 fully saturated rings. The SMILES string of the molecule is COc1cc(CCNC(=O)/C=C/c2ccc([N+](=O)[O-])o2)ccc1OC(F)F. The molecule has 1 aromatic carbocycles. The summed E-state index contributed by atoms with van der Waals surface area (Å²) < 4.78 is 38.8. The van der Waals surface area contributed by atoms with Gasteiger partial charge in [-0.15, -0.1) is 0 Å². The second-order valence-corrected chi connectivity index (χ2v) is 5.17. The molecule has 2 aromatic rings. The van der Waals surface area contributed by atoms with E-state index in [9.17, 15) is 23.7 Å². The minimum atomic E-state index is -2.95. The number of nitro groups is 1. The smallest absolute Gasteiger partial charge is 0.433 e. The van der Waals surface area contributed by atoms with E-state index in [0.29, 0.717) is 6.42 Å². The first-order valence-electron chi connectivity index (χ1n) is 7.71. The van der Waals surface area contributed by atoms with E-state index in [1.54, 1.807) is 12.1 Å². The van der Waals surface area contributed by atoms with Gasteiger partial charge in [0, 0.05) is 12.6 Å². The summed E-state index contributed by atoms with van der Waals surface area (Å²) in [5.74, 6) is -0.563. The Balaban J connectivity index is 1.85. The van der Waals surface area contributed by atoms with Crippen LogP contribution in [0.4, 0.5) is 14.7 Å². The first kappa shape index (κ1) is 19.9. The van der Waals surface area contributed by atoms with Crippen LogP contribution in [0.1, 0.15) is 11.3 Å².